The van der Waals surface area contributed by atoms with Gasteiger partial charge in [0, 0.05) is 41.0 Å². The molecule has 0 spiro atoms. The van der Waals surface area contributed by atoms with E-state index in [4.69, 9.17) is 0 Å². The quantitative estimate of drug-likeness (QED) is 0.559. The summed E-state index contributed by atoms with van der Waals surface area (Å²) in [5, 5.41) is 0.998. The van der Waals surface area contributed by atoms with E-state index in [0.29, 0.717) is 17.7 Å². The molecule has 0 fully saturated rings. The first-order chi connectivity index (χ1) is 15.1. The minimum absolute atomic E-state index is 0.0297. The second-order valence-corrected chi connectivity index (χ2v) is 9.43. The van der Waals surface area contributed by atoms with Gasteiger partial charge >= 0.3 is 0 Å². The SMILES string of the molecule is CC(C)CC(=O)C1=CN(C(=O)c2ccc(F)c(F)c2)CC(C)(C)c2c1[nH]c1ccccc21. The maximum Gasteiger partial charge on any atom is 0.257 e. The van der Waals surface area contributed by atoms with Gasteiger partial charge in [-0.1, -0.05) is 45.9 Å². The van der Waals surface area contributed by atoms with Gasteiger partial charge in [0.25, 0.3) is 5.91 Å². The number of nitrogens with one attached hydrogen (secondary N) is 1. The fraction of sp³-hybridized carbons (Fsp3) is 0.308. The fourth-order valence-electron chi connectivity index (χ4n) is 4.44. The van der Waals surface area contributed by atoms with Gasteiger partial charge in [0.2, 0.25) is 0 Å². The number of carbonyl (C=O) groups is 2. The molecule has 0 atom stereocenters. The van der Waals surface area contributed by atoms with E-state index in [9.17, 15) is 18.4 Å². The fourth-order valence-corrected chi connectivity index (χ4v) is 4.44. The number of aromatic nitrogens is 1. The molecule has 3 aromatic rings. The highest BCUT2D eigenvalue weighted by atomic mass is 19.2. The molecule has 1 aromatic heterocycles. The van der Waals surface area contributed by atoms with Gasteiger partial charge in [-0.05, 0) is 35.7 Å². The van der Waals surface area contributed by atoms with Crippen LogP contribution < -0.4 is 0 Å². The number of hydrogen-bond donors (Lipinski definition) is 1. The van der Waals surface area contributed by atoms with Gasteiger partial charge in [-0.3, -0.25) is 9.59 Å². The summed E-state index contributed by atoms with van der Waals surface area (Å²) >= 11 is 0. The number of hydrogen-bond acceptors (Lipinski definition) is 2. The highest BCUT2D eigenvalue weighted by molar-refractivity contribution is 6.22. The lowest BCUT2D eigenvalue weighted by molar-refractivity contribution is -0.114. The molecule has 2 heterocycles. The smallest absolute Gasteiger partial charge is 0.257 e. The Morgan fingerprint density at radius 1 is 1.09 bits per heavy atom. The van der Waals surface area contributed by atoms with Crippen molar-refractivity contribution in [2.75, 3.05) is 6.54 Å². The van der Waals surface area contributed by atoms with Gasteiger partial charge in [0.05, 0.1) is 11.3 Å². The first kappa shape index (κ1) is 21.9. The molecule has 0 unspecified atom stereocenters. The summed E-state index contributed by atoms with van der Waals surface area (Å²) in [6, 6.07) is 10.9. The number of fused-ring (bicyclic) bond motifs is 3. The summed E-state index contributed by atoms with van der Waals surface area (Å²) in [6.45, 7) is 8.24. The Morgan fingerprint density at radius 3 is 2.50 bits per heavy atom. The largest absolute Gasteiger partial charge is 0.354 e. The maximum absolute atomic E-state index is 13.8. The average Bonchev–Trinajstić information content (AvgIpc) is 3.06. The number of benzene rings is 2. The third kappa shape index (κ3) is 3.85. The molecule has 1 aliphatic heterocycles. The Morgan fingerprint density at radius 2 is 1.81 bits per heavy atom. The van der Waals surface area contributed by atoms with Crippen LogP contribution in [-0.2, 0) is 10.2 Å². The highest BCUT2D eigenvalue weighted by Gasteiger charge is 2.37. The van der Waals surface area contributed by atoms with Crippen molar-refractivity contribution in [3.63, 3.8) is 0 Å². The molecule has 2 aromatic carbocycles. The van der Waals surface area contributed by atoms with Crippen LogP contribution in [0.3, 0.4) is 0 Å². The van der Waals surface area contributed by atoms with Crippen LogP contribution in [0.2, 0.25) is 0 Å². The molecule has 32 heavy (non-hydrogen) atoms. The number of para-hydroxylation sites is 1. The summed E-state index contributed by atoms with van der Waals surface area (Å²) in [5.41, 5.74) is 2.54. The number of nitrogens with zero attached hydrogens (tertiary/aromatic N) is 1. The second-order valence-electron chi connectivity index (χ2n) is 9.43. The van der Waals surface area contributed by atoms with Crippen LogP contribution in [0.5, 0.6) is 0 Å². The zero-order chi connectivity index (χ0) is 23.2. The zero-order valence-corrected chi connectivity index (χ0v) is 18.6. The Bertz CT molecular complexity index is 1250. The normalized spacial score (nSPS) is 15.5. The predicted molar refractivity (Wildman–Crippen MR) is 121 cm³/mol. The van der Waals surface area contributed by atoms with Gasteiger partial charge in [-0.25, -0.2) is 8.78 Å². The zero-order valence-electron chi connectivity index (χ0n) is 18.6. The van der Waals surface area contributed by atoms with Crippen molar-refractivity contribution in [2.24, 2.45) is 5.92 Å². The second kappa shape index (κ2) is 8.01. The first-order valence-corrected chi connectivity index (χ1v) is 10.7. The van der Waals surface area contributed by atoms with Gasteiger partial charge < -0.3 is 9.88 Å². The number of rotatable bonds is 4. The minimum Gasteiger partial charge on any atom is -0.354 e. The van der Waals surface area contributed by atoms with Crippen LogP contribution in [0, 0.1) is 17.6 Å². The molecule has 4 nitrogen and oxygen atoms in total. The summed E-state index contributed by atoms with van der Waals surface area (Å²) in [6.07, 6.45) is 1.89. The van der Waals surface area contributed by atoms with E-state index in [1.165, 1.54) is 11.0 Å². The predicted octanol–water partition coefficient (Wildman–Crippen LogP) is 5.84. The van der Waals surface area contributed by atoms with Crippen molar-refractivity contribution < 1.29 is 18.4 Å². The van der Waals surface area contributed by atoms with Gasteiger partial charge in [-0.2, -0.15) is 0 Å². The number of Topliss-reactive ketones (excluding diaryl/α,β-unsaturated/α-hetero) is 1. The van der Waals surface area contributed by atoms with Crippen LogP contribution in [-0.4, -0.2) is 28.1 Å². The van der Waals surface area contributed by atoms with E-state index in [1.807, 2.05) is 52.0 Å². The van der Waals surface area contributed by atoms with Crippen molar-refractivity contribution in [3.05, 3.63) is 77.1 Å². The number of allylic oxidation sites excluding steroid dienone is 1. The number of aromatic amines is 1. The average molecular weight is 437 g/mol. The molecule has 0 aliphatic carbocycles. The molecular formula is C26H26F2N2O2. The number of amides is 1. The summed E-state index contributed by atoms with van der Waals surface area (Å²) < 4.78 is 27.2. The van der Waals surface area contributed by atoms with Gasteiger partial charge in [0.1, 0.15) is 0 Å². The number of H-pyrrole nitrogens is 1. The molecule has 6 heteroatoms. The minimum atomic E-state index is -1.08. The van der Waals surface area contributed by atoms with Crippen molar-refractivity contribution in [1.29, 1.82) is 0 Å². The third-order valence-electron chi connectivity index (χ3n) is 5.82. The Labute approximate surface area is 185 Å². The lowest BCUT2D eigenvalue weighted by Gasteiger charge is -2.29. The standard InChI is InChI=1S/C26H26F2N2O2/c1-15(2)11-22(31)18-13-30(25(32)16-9-10-19(27)20(28)12-16)14-26(3,4)23-17-7-5-6-8-21(17)29-24(18)23/h5-10,12-13,15,29H,11,14H2,1-4H3. The Kier molecular flexibility index (Phi) is 5.49. The Balaban J connectivity index is 1.89. The lowest BCUT2D eigenvalue weighted by Crippen LogP contribution is -2.37. The highest BCUT2D eigenvalue weighted by Crippen LogP contribution is 2.41. The summed E-state index contributed by atoms with van der Waals surface area (Å²) in [7, 11) is 0. The number of carbonyl (C=O) groups excluding carboxylic acids is 2. The van der Waals surface area contributed by atoms with Crippen LogP contribution in [0.1, 0.15) is 55.7 Å². The molecule has 0 saturated carbocycles. The van der Waals surface area contributed by atoms with E-state index < -0.39 is 23.0 Å². The number of halogens is 2. The molecule has 0 saturated heterocycles. The Hall–Kier alpha value is -3.28. The molecule has 1 amide bonds. The maximum atomic E-state index is 13.8. The topological polar surface area (TPSA) is 53.2 Å². The van der Waals surface area contributed by atoms with Crippen LogP contribution in [0.15, 0.2) is 48.7 Å². The van der Waals surface area contributed by atoms with Crippen molar-refractivity contribution >= 4 is 28.2 Å². The number of ketones is 1. The molecule has 0 radical (unpaired) electrons. The molecule has 1 aliphatic rings. The van der Waals surface area contributed by atoms with E-state index in [-0.39, 0.29) is 23.8 Å². The van der Waals surface area contributed by atoms with E-state index in [2.05, 4.69) is 4.98 Å². The van der Waals surface area contributed by atoms with E-state index in [0.717, 1.165) is 28.6 Å². The van der Waals surface area contributed by atoms with Gasteiger partial charge in [-0.15, -0.1) is 0 Å². The van der Waals surface area contributed by atoms with Crippen LogP contribution in [0.25, 0.3) is 16.5 Å². The first-order valence-electron chi connectivity index (χ1n) is 10.7. The van der Waals surface area contributed by atoms with Crippen molar-refractivity contribution in [3.8, 4) is 0 Å². The summed E-state index contributed by atoms with van der Waals surface area (Å²) in [4.78, 5) is 31.4. The van der Waals surface area contributed by atoms with E-state index >= 15 is 0 Å². The van der Waals surface area contributed by atoms with E-state index in [1.54, 1.807) is 6.20 Å². The molecular weight excluding hydrogens is 410 g/mol. The van der Waals surface area contributed by atoms with Crippen molar-refractivity contribution in [2.45, 2.75) is 39.5 Å². The molecule has 166 valence electrons. The molecule has 0 bridgehead atoms. The summed E-state index contributed by atoms with van der Waals surface area (Å²) in [5.74, 6) is -2.51. The van der Waals surface area contributed by atoms with Gasteiger partial charge in [0.15, 0.2) is 17.4 Å². The third-order valence-corrected chi connectivity index (χ3v) is 5.82. The molecule has 4 rings (SSSR count). The monoisotopic (exact) mass is 436 g/mol. The van der Waals surface area contributed by atoms with Crippen molar-refractivity contribution in [1.82, 2.24) is 9.88 Å². The van der Waals surface area contributed by atoms with Crippen LogP contribution in [0.4, 0.5) is 8.78 Å². The van der Waals surface area contributed by atoms with Crippen LogP contribution >= 0.6 is 0 Å². The lowest BCUT2D eigenvalue weighted by atomic mass is 9.81. The molecule has 1 N–H and O–H groups in total.